The Labute approximate surface area is 106 Å². The number of nitrogen functional groups attached to an aromatic ring is 1. The number of ether oxygens (including phenoxy) is 1. The molecule has 0 unspecified atom stereocenters. The first-order valence-electron chi connectivity index (χ1n) is 5.26. The summed E-state index contributed by atoms with van der Waals surface area (Å²) in [6.07, 6.45) is 0. The minimum atomic E-state index is -3.81. The zero-order chi connectivity index (χ0) is 14.0. The van der Waals surface area contributed by atoms with E-state index >= 15 is 0 Å². The predicted octanol–water partition coefficient (Wildman–Crippen LogP) is 1.11. The van der Waals surface area contributed by atoms with Crippen molar-refractivity contribution >= 4 is 15.7 Å². The zero-order valence-electron chi connectivity index (χ0n) is 10.5. The maximum atomic E-state index is 12.9. The largest absolute Gasteiger partial charge is 0.398 e. The van der Waals surface area contributed by atoms with Gasteiger partial charge in [-0.1, -0.05) is 0 Å². The highest BCUT2D eigenvalue weighted by molar-refractivity contribution is 7.89. The highest BCUT2D eigenvalue weighted by Crippen LogP contribution is 2.20. The van der Waals surface area contributed by atoms with Crippen LogP contribution in [0.3, 0.4) is 0 Å². The van der Waals surface area contributed by atoms with Crippen molar-refractivity contribution in [3.05, 3.63) is 24.0 Å². The Balaban J connectivity index is 3.07. The number of hydrogen-bond acceptors (Lipinski definition) is 4. The van der Waals surface area contributed by atoms with E-state index in [2.05, 4.69) is 4.72 Å². The molecule has 0 bridgehead atoms. The summed E-state index contributed by atoms with van der Waals surface area (Å²) in [5, 5.41) is 0. The molecule has 3 N–H and O–H groups in total. The summed E-state index contributed by atoms with van der Waals surface area (Å²) in [5.41, 5.74) is 4.60. The van der Waals surface area contributed by atoms with Crippen LogP contribution < -0.4 is 10.5 Å². The van der Waals surface area contributed by atoms with Crippen LogP contribution in [0.2, 0.25) is 0 Å². The lowest BCUT2D eigenvalue weighted by molar-refractivity contribution is 0.141. The number of nitrogens with two attached hydrogens (primary N) is 1. The lowest BCUT2D eigenvalue weighted by Gasteiger charge is -2.25. The Bertz CT molecular complexity index is 529. The normalized spacial score (nSPS) is 12.7. The summed E-state index contributed by atoms with van der Waals surface area (Å²) in [6.45, 7) is 3.55. The van der Waals surface area contributed by atoms with Crippen molar-refractivity contribution in [2.75, 3.05) is 19.5 Å². The molecule has 1 aromatic carbocycles. The number of sulfonamides is 1. The van der Waals surface area contributed by atoms with Crippen molar-refractivity contribution in [1.29, 1.82) is 0 Å². The third-order valence-corrected chi connectivity index (χ3v) is 3.95. The topological polar surface area (TPSA) is 81.4 Å². The Morgan fingerprint density at radius 1 is 1.44 bits per heavy atom. The van der Waals surface area contributed by atoms with Gasteiger partial charge in [0.1, 0.15) is 10.7 Å². The van der Waals surface area contributed by atoms with Gasteiger partial charge in [-0.25, -0.2) is 17.5 Å². The van der Waals surface area contributed by atoms with E-state index in [1.54, 1.807) is 13.8 Å². The maximum absolute atomic E-state index is 12.9. The highest BCUT2D eigenvalue weighted by atomic mass is 32.2. The smallest absolute Gasteiger partial charge is 0.243 e. The van der Waals surface area contributed by atoms with Gasteiger partial charge >= 0.3 is 0 Å². The van der Waals surface area contributed by atoms with Gasteiger partial charge in [0, 0.05) is 7.11 Å². The molecule has 0 aliphatic carbocycles. The molecule has 0 aliphatic rings. The number of nitrogens with one attached hydrogen (secondary N) is 1. The van der Waals surface area contributed by atoms with Gasteiger partial charge in [-0.15, -0.1) is 0 Å². The fourth-order valence-electron chi connectivity index (χ4n) is 1.57. The van der Waals surface area contributed by atoms with Gasteiger partial charge in [0.15, 0.2) is 0 Å². The minimum Gasteiger partial charge on any atom is -0.398 e. The van der Waals surface area contributed by atoms with Crippen LogP contribution in [-0.2, 0) is 14.8 Å². The second kappa shape index (κ2) is 5.21. The van der Waals surface area contributed by atoms with E-state index in [1.807, 2.05) is 0 Å². The average molecular weight is 276 g/mol. The summed E-state index contributed by atoms with van der Waals surface area (Å²) >= 11 is 0. The molecule has 1 rings (SSSR count). The number of benzene rings is 1. The molecule has 7 heteroatoms. The van der Waals surface area contributed by atoms with E-state index in [1.165, 1.54) is 7.11 Å². The van der Waals surface area contributed by atoms with Crippen molar-refractivity contribution in [3.8, 4) is 0 Å². The SMILES string of the molecule is COCC(C)(C)NS(=O)(=O)c1ccc(F)cc1N. The predicted molar refractivity (Wildman–Crippen MR) is 67.1 cm³/mol. The van der Waals surface area contributed by atoms with Crippen LogP contribution in [0.4, 0.5) is 10.1 Å². The number of hydrogen-bond donors (Lipinski definition) is 2. The quantitative estimate of drug-likeness (QED) is 0.789. The van der Waals surface area contributed by atoms with Crippen molar-refractivity contribution in [2.24, 2.45) is 0 Å². The lowest BCUT2D eigenvalue weighted by Crippen LogP contribution is -2.46. The second-order valence-electron chi connectivity index (χ2n) is 4.60. The van der Waals surface area contributed by atoms with Crippen molar-refractivity contribution in [1.82, 2.24) is 4.72 Å². The van der Waals surface area contributed by atoms with Gasteiger partial charge in [-0.3, -0.25) is 0 Å². The monoisotopic (exact) mass is 276 g/mol. The maximum Gasteiger partial charge on any atom is 0.243 e. The van der Waals surface area contributed by atoms with Crippen LogP contribution in [0.1, 0.15) is 13.8 Å². The number of rotatable bonds is 5. The Morgan fingerprint density at radius 3 is 2.56 bits per heavy atom. The summed E-state index contributed by atoms with van der Waals surface area (Å²) in [7, 11) is -2.33. The van der Waals surface area contributed by atoms with Gasteiger partial charge in [-0.05, 0) is 32.0 Å². The van der Waals surface area contributed by atoms with E-state index in [0.717, 1.165) is 18.2 Å². The molecular formula is C11H17FN2O3S. The van der Waals surface area contributed by atoms with E-state index < -0.39 is 21.4 Å². The lowest BCUT2D eigenvalue weighted by atomic mass is 10.1. The molecule has 0 aliphatic heterocycles. The summed E-state index contributed by atoms with van der Waals surface area (Å²) in [6, 6.07) is 3.15. The van der Waals surface area contributed by atoms with Crippen LogP contribution in [0.5, 0.6) is 0 Å². The third-order valence-electron chi connectivity index (χ3n) is 2.18. The van der Waals surface area contributed by atoms with Crippen molar-refractivity contribution in [3.63, 3.8) is 0 Å². The highest BCUT2D eigenvalue weighted by Gasteiger charge is 2.27. The molecule has 1 aromatic rings. The molecule has 0 spiro atoms. The van der Waals surface area contributed by atoms with Crippen LogP contribution in [0, 0.1) is 5.82 Å². The summed E-state index contributed by atoms with van der Waals surface area (Å²) in [4.78, 5) is -0.145. The van der Waals surface area contributed by atoms with Gasteiger partial charge in [0.2, 0.25) is 10.0 Å². The molecule has 5 nitrogen and oxygen atoms in total. The average Bonchev–Trinajstić information content (AvgIpc) is 2.14. The standard InChI is InChI=1S/C11H17FN2O3S/c1-11(2,7-17-3)14-18(15,16)10-5-4-8(12)6-9(10)13/h4-6,14H,7,13H2,1-3H3. The fraction of sp³-hybridized carbons (Fsp3) is 0.455. The number of halogens is 1. The zero-order valence-corrected chi connectivity index (χ0v) is 11.3. The van der Waals surface area contributed by atoms with Gasteiger partial charge in [0.05, 0.1) is 17.8 Å². The van der Waals surface area contributed by atoms with E-state index in [-0.39, 0.29) is 17.2 Å². The Hall–Kier alpha value is -1.18. The fourth-order valence-corrected chi connectivity index (χ4v) is 3.09. The van der Waals surface area contributed by atoms with Crippen LogP contribution in [0.15, 0.2) is 23.1 Å². The van der Waals surface area contributed by atoms with Gasteiger partial charge in [-0.2, -0.15) is 0 Å². The minimum absolute atomic E-state index is 0.129. The molecule has 0 aromatic heterocycles. The van der Waals surface area contributed by atoms with Crippen molar-refractivity contribution < 1.29 is 17.5 Å². The first-order chi connectivity index (χ1) is 8.18. The summed E-state index contributed by atoms with van der Waals surface area (Å²) in [5.74, 6) is -0.581. The van der Waals surface area contributed by atoms with Crippen LogP contribution in [0.25, 0.3) is 0 Å². The van der Waals surface area contributed by atoms with E-state index in [9.17, 15) is 12.8 Å². The van der Waals surface area contributed by atoms with E-state index in [0.29, 0.717) is 0 Å². The van der Waals surface area contributed by atoms with E-state index in [4.69, 9.17) is 10.5 Å². The molecular weight excluding hydrogens is 259 g/mol. The molecule has 0 fully saturated rings. The Kier molecular flexibility index (Phi) is 4.31. The molecule has 102 valence electrons. The first-order valence-corrected chi connectivity index (χ1v) is 6.74. The molecule has 0 saturated heterocycles. The molecule has 0 saturated carbocycles. The van der Waals surface area contributed by atoms with Gasteiger partial charge in [0.25, 0.3) is 0 Å². The third kappa shape index (κ3) is 3.66. The molecule has 0 atom stereocenters. The molecule has 0 heterocycles. The van der Waals surface area contributed by atoms with Crippen LogP contribution >= 0.6 is 0 Å². The molecule has 0 radical (unpaired) electrons. The molecule has 18 heavy (non-hydrogen) atoms. The van der Waals surface area contributed by atoms with Crippen LogP contribution in [-0.4, -0.2) is 27.7 Å². The molecule has 0 amide bonds. The number of methoxy groups -OCH3 is 1. The first kappa shape index (κ1) is 14.9. The second-order valence-corrected chi connectivity index (χ2v) is 6.26. The number of anilines is 1. The Morgan fingerprint density at radius 2 is 2.06 bits per heavy atom. The van der Waals surface area contributed by atoms with Gasteiger partial charge < -0.3 is 10.5 Å². The summed E-state index contributed by atoms with van der Waals surface area (Å²) < 4.78 is 44.4. The van der Waals surface area contributed by atoms with Crippen molar-refractivity contribution in [2.45, 2.75) is 24.3 Å².